The largest absolute Gasteiger partial charge is 0.394 e. The van der Waals surface area contributed by atoms with Crippen LogP contribution < -0.4 is 10.2 Å². The van der Waals surface area contributed by atoms with Gasteiger partial charge in [0.1, 0.15) is 0 Å². The number of piperidine rings is 1. The molecule has 1 heterocycles. The summed E-state index contributed by atoms with van der Waals surface area (Å²) in [5, 5.41) is 13.3. The molecule has 0 saturated carbocycles. The number of anilines is 1. The van der Waals surface area contributed by atoms with Gasteiger partial charge < -0.3 is 15.3 Å². The Bertz CT molecular complexity index is 370. The number of nitrogens with one attached hydrogen (secondary N) is 1. The van der Waals surface area contributed by atoms with Crippen LogP contribution in [0.1, 0.15) is 26.7 Å². The fourth-order valence-corrected chi connectivity index (χ4v) is 2.64. The van der Waals surface area contributed by atoms with Crippen molar-refractivity contribution in [2.45, 2.75) is 32.2 Å². The lowest BCUT2D eigenvalue weighted by Crippen LogP contribution is -2.56. The summed E-state index contributed by atoms with van der Waals surface area (Å²) in [4.78, 5) is 2.41. The molecular formula is C16H26N2O. The molecule has 19 heavy (non-hydrogen) atoms. The summed E-state index contributed by atoms with van der Waals surface area (Å²) in [5.41, 5.74) is 1.22. The molecule has 0 atom stereocenters. The van der Waals surface area contributed by atoms with Crippen molar-refractivity contribution in [3.05, 3.63) is 30.3 Å². The third-order valence-corrected chi connectivity index (χ3v) is 4.03. The molecule has 0 aliphatic carbocycles. The summed E-state index contributed by atoms with van der Waals surface area (Å²) in [5.74, 6) is 0.621. The van der Waals surface area contributed by atoms with Crippen LogP contribution in [0.3, 0.4) is 0 Å². The lowest BCUT2D eigenvalue weighted by Gasteiger charge is -2.42. The highest BCUT2D eigenvalue weighted by Crippen LogP contribution is 2.26. The molecule has 0 unspecified atom stereocenters. The van der Waals surface area contributed by atoms with Gasteiger partial charge in [-0.3, -0.25) is 0 Å². The van der Waals surface area contributed by atoms with Crippen molar-refractivity contribution in [3.8, 4) is 0 Å². The lowest BCUT2D eigenvalue weighted by atomic mass is 9.87. The molecule has 1 aliphatic heterocycles. The Morgan fingerprint density at radius 1 is 1.21 bits per heavy atom. The Balaban J connectivity index is 1.93. The van der Waals surface area contributed by atoms with Gasteiger partial charge in [0.2, 0.25) is 0 Å². The highest BCUT2D eigenvalue weighted by atomic mass is 16.3. The second-order valence-corrected chi connectivity index (χ2v) is 6.04. The third kappa shape index (κ3) is 3.71. The molecule has 0 radical (unpaired) electrons. The molecule has 1 aromatic rings. The van der Waals surface area contributed by atoms with Crippen LogP contribution in [0.15, 0.2) is 30.3 Å². The topological polar surface area (TPSA) is 35.5 Å². The van der Waals surface area contributed by atoms with Gasteiger partial charge >= 0.3 is 0 Å². The van der Waals surface area contributed by atoms with Gasteiger partial charge in [-0.05, 0) is 37.4 Å². The molecule has 3 heteroatoms. The van der Waals surface area contributed by atoms with Gasteiger partial charge in [-0.2, -0.15) is 0 Å². The van der Waals surface area contributed by atoms with E-state index in [0.717, 1.165) is 32.5 Å². The first kappa shape index (κ1) is 14.4. The van der Waals surface area contributed by atoms with Gasteiger partial charge in [0.25, 0.3) is 0 Å². The summed E-state index contributed by atoms with van der Waals surface area (Å²) in [6.45, 7) is 7.65. The van der Waals surface area contributed by atoms with Gasteiger partial charge in [0.15, 0.2) is 0 Å². The SMILES string of the molecule is CC(C)CNC1(CO)CCN(c2ccccc2)CC1. The van der Waals surface area contributed by atoms with Crippen LogP contribution in [0.4, 0.5) is 5.69 Å². The van der Waals surface area contributed by atoms with Gasteiger partial charge in [-0.1, -0.05) is 32.0 Å². The van der Waals surface area contributed by atoms with Crippen LogP contribution in [0.25, 0.3) is 0 Å². The van der Waals surface area contributed by atoms with E-state index in [1.165, 1.54) is 5.69 Å². The second-order valence-electron chi connectivity index (χ2n) is 6.04. The predicted molar refractivity (Wildman–Crippen MR) is 80.5 cm³/mol. The number of aliphatic hydroxyl groups excluding tert-OH is 1. The Kier molecular flexibility index (Phi) is 4.83. The van der Waals surface area contributed by atoms with Gasteiger partial charge in [-0.25, -0.2) is 0 Å². The number of benzene rings is 1. The number of para-hydroxylation sites is 1. The van der Waals surface area contributed by atoms with Crippen LogP contribution in [0, 0.1) is 5.92 Å². The molecule has 2 N–H and O–H groups in total. The Labute approximate surface area is 116 Å². The summed E-state index contributed by atoms with van der Waals surface area (Å²) >= 11 is 0. The molecule has 1 saturated heterocycles. The van der Waals surface area contributed by atoms with Crippen molar-refractivity contribution in [3.63, 3.8) is 0 Å². The van der Waals surface area contributed by atoms with E-state index < -0.39 is 0 Å². The van der Waals surface area contributed by atoms with Crippen molar-refractivity contribution in [2.24, 2.45) is 5.92 Å². The standard InChI is InChI=1S/C16H26N2O/c1-14(2)12-17-16(13-19)8-10-18(11-9-16)15-6-4-3-5-7-15/h3-7,14,17,19H,8-13H2,1-2H3. The zero-order chi connectivity index (χ0) is 13.7. The molecule has 0 aromatic heterocycles. The second kappa shape index (κ2) is 6.40. The summed E-state index contributed by atoms with van der Waals surface area (Å²) in [6.07, 6.45) is 2.01. The maximum atomic E-state index is 9.73. The van der Waals surface area contributed by atoms with Crippen molar-refractivity contribution < 1.29 is 5.11 Å². The molecule has 2 rings (SSSR count). The van der Waals surface area contributed by atoms with Crippen LogP contribution in [0.5, 0.6) is 0 Å². The summed E-state index contributed by atoms with van der Waals surface area (Å²) < 4.78 is 0. The molecular weight excluding hydrogens is 236 g/mol. The average molecular weight is 262 g/mol. The Hall–Kier alpha value is -1.06. The average Bonchev–Trinajstić information content (AvgIpc) is 2.47. The Morgan fingerprint density at radius 3 is 2.37 bits per heavy atom. The van der Waals surface area contributed by atoms with Gasteiger partial charge in [0, 0.05) is 24.3 Å². The van der Waals surface area contributed by atoms with Crippen molar-refractivity contribution in [1.29, 1.82) is 0 Å². The zero-order valence-corrected chi connectivity index (χ0v) is 12.1. The number of hydrogen-bond acceptors (Lipinski definition) is 3. The van der Waals surface area contributed by atoms with Crippen molar-refractivity contribution >= 4 is 5.69 Å². The smallest absolute Gasteiger partial charge is 0.0614 e. The fraction of sp³-hybridized carbons (Fsp3) is 0.625. The third-order valence-electron chi connectivity index (χ3n) is 4.03. The normalized spacial score (nSPS) is 18.8. The quantitative estimate of drug-likeness (QED) is 0.854. The highest BCUT2D eigenvalue weighted by molar-refractivity contribution is 5.46. The van der Waals surface area contributed by atoms with E-state index >= 15 is 0 Å². The van der Waals surface area contributed by atoms with E-state index in [9.17, 15) is 5.11 Å². The molecule has 3 nitrogen and oxygen atoms in total. The summed E-state index contributed by atoms with van der Waals surface area (Å²) in [6, 6.07) is 10.5. The molecule has 0 bridgehead atoms. The number of nitrogens with zero attached hydrogens (tertiary/aromatic N) is 1. The highest BCUT2D eigenvalue weighted by Gasteiger charge is 2.33. The van der Waals surface area contributed by atoms with Crippen molar-refractivity contribution in [1.82, 2.24) is 5.32 Å². The first-order valence-corrected chi connectivity index (χ1v) is 7.31. The van der Waals surface area contributed by atoms with E-state index in [1.54, 1.807) is 0 Å². The molecule has 0 spiro atoms. The van der Waals surface area contributed by atoms with E-state index in [4.69, 9.17) is 0 Å². The molecule has 1 aliphatic rings. The monoisotopic (exact) mass is 262 g/mol. The fourth-order valence-electron chi connectivity index (χ4n) is 2.64. The molecule has 106 valence electrons. The first-order valence-electron chi connectivity index (χ1n) is 7.31. The minimum atomic E-state index is -0.0739. The van der Waals surface area contributed by atoms with Gasteiger partial charge in [-0.15, -0.1) is 0 Å². The van der Waals surface area contributed by atoms with Gasteiger partial charge in [0.05, 0.1) is 6.61 Å². The van der Waals surface area contributed by atoms with Crippen LogP contribution in [0.2, 0.25) is 0 Å². The molecule has 1 fully saturated rings. The van der Waals surface area contributed by atoms with Crippen LogP contribution >= 0.6 is 0 Å². The van der Waals surface area contributed by atoms with E-state index in [2.05, 4.69) is 54.4 Å². The predicted octanol–water partition coefficient (Wildman–Crippen LogP) is 2.26. The maximum absolute atomic E-state index is 9.73. The van der Waals surface area contributed by atoms with Crippen LogP contribution in [-0.4, -0.2) is 36.9 Å². The van der Waals surface area contributed by atoms with Crippen LogP contribution in [-0.2, 0) is 0 Å². The number of hydrogen-bond donors (Lipinski definition) is 2. The molecule has 0 amide bonds. The van der Waals surface area contributed by atoms with E-state index in [0.29, 0.717) is 5.92 Å². The Morgan fingerprint density at radius 2 is 1.84 bits per heavy atom. The maximum Gasteiger partial charge on any atom is 0.0614 e. The minimum Gasteiger partial charge on any atom is -0.394 e. The van der Waals surface area contributed by atoms with Crippen molar-refractivity contribution in [2.75, 3.05) is 31.1 Å². The number of aliphatic hydroxyl groups is 1. The first-order chi connectivity index (χ1) is 9.15. The molecule has 1 aromatic carbocycles. The lowest BCUT2D eigenvalue weighted by molar-refractivity contribution is 0.130. The minimum absolute atomic E-state index is 0.0739. The zero-order valence-electron chi connectivity index (χ0n) is 12.1. The summed E-state index contributed by atoms with van der Waals surface area (Å²) in [7, 11) is 0. The van der Waals surface area contributed by atoms with E-state index in [1.807, 2.05) is 0 Å². The van der Waals surface area contributed by atoms with E-state index in [-0.39, 0.29) is 12.1 Å². The number of rotatable bonds is 5.